The third-order valence-electron chi connectivity index (χ3n) is 3.95. The van der Waals surface area contributed by atoms with Gasteiger partial charge in [-0.3, -0.25) is 4.79 Å². The van der Waals surface area contributed by atoms with Crippen molar-refractivity contribution < 1.29 is 18.7 Å². The fourth-order valence-electron chi connectivity index (χ4n) is 2.86. The number of rotatable bonds is 4. The van der Waals surface area contributed by atoms with Gasteiger partial charge in [-0.05, 0) is 25.0 Å². The van der Waals surface area contributed by atoms with Crippen molar-refractivity contribution in [3.05, 3.63) is 29.3 Å². The van der Waals surface area contributed by atoms with Crippen LogP contribution in [0.15, 0.2) is 12.1 Å². The van der Waals surface area contributed by atoms with Crippen LogP contribution in [0.1, 0.15) is 36.0 Å². The van der Waals surface area contributed by atoms with Gasteiger partial charge >= 0.3 is 0 Å². The fraction of sp³-hybridized carbons (Fsp3) is 0.533. The summed E-state index contributed by atoms with van der Waals surface area (Å²) in [7, 11) is 2.94. The van der Waals surface area contributed by atoms with Crippen molar-refractivity contribution >= 4 is 11.6 Å². The Morgan fingerprint density at radius 2 is 1.86 bits per heavy atom. The smallest absolute Gasteiger partial charge is 0.253 e. The first kappa shape index (κ1) is 15.7. The number of nitrogens with zero attached hydrogens (tertiary/aromatic N) is 1. The molecule has 0 atom stereocenters. The quantitative estimate of drug-likeness (QED) is 0.897. The number of carbonyl (C=O) groups excluding carboxylic acids is 1. The third kappa shape index (κ3) is 3.32. The van der Waals surface area contributed by atoms with E-state index in [-0.39, 0.29) is 17.8 Å². The first-order valence-electron chi connectivity index (χ1n) is 7.01. The zero-order chi connectivity index (χ0) is 15.6. The number of hydrogen-bond acceptors (Lipinski definition) is 3. The maximum absolute atomic E-state index is 13.7. The molecule has 0 aliphatic heterocycles. The van der Waals surface area contributed by atoms with Crippen molar-refractivity contribution in [3.8, 4) is 0 Å². The molecule has 0 aromatic heterocycles. The molecular formula is C15H20F2N2O2. The molecule has 0 unspecified atom stereocenters. The molecule has 1 aliphatic rings. The SMILES string of the molecule is CNc1c(F)cc(C(=O)N(C)CC2(O)CCCC2)cc1F. The lowest BCUT2D eigenvalue weighted by molar-refractivity contribution is 0.0156. The number of carbonyl (C=O) groups is 1. The van der Waals surface area contributed by atoms with Gasteiger partial charge in [0.05, 0.1) is 5.60 Å². The summed E-state index contributed by atoms with van der Waals surface area (Å²) >= 11 is 0. The summed E-state index contributed by atoms with van der Waals surface area (Å²) in [5, 5.41) is 12.7. The van der Waals surface area contributed by atoms with Gasteiger partial charge in [-0.15, -0.1) is 0 Å². The van der Waals surface area contributed by atoms with Gasteiger partial charge in [0.2, 0.25) is 0 Å². The fourth-order valence-corrected chi connectivity index (χ4v) is 2.86. The van der Waals surface area contributed by atoms with Crippen molar-refractivity contribution in [1.29, 1.82) is 0 Å². The molecule has 2 N–H and O–H groups in total. The Morgan fingerprint density at radius 3 is 2.33 bits per heavy atom. The van der Waals surface area contributed by atoms with Crippen LogP contribution in [0.5, 0.6) is 0 Å². The molecule has 1 fully saturated rings. The number of amides is 1. The second-order valence-electron chi connectivity index (χ2n) is 5.66. The Morgan fingerprint density at radius 1 is 1.33 bits per heavy atom. The molecule has 0 saturated heterocycles. The van der Waals surface area contributed by atoms with Crippen molar-refractivity contribution in [2.45, 2.75) is 31.3 Å². The molecule has 1 saturated carbocycles. The molecule has 1 aliphatic carbocycles. The minimum Gasteiger partial charge on any atom is -0.388 e. The highest BCUT2D eigenvalue weighted by atomic mass is 19.1. The summed E-state index contributed by atoms with van der Waals surface area (Å²) < 4.78 is 27.4. The number of anilines is 1. The maximum atomic E-state index is 13.7. The van der Waals surface area contributed by atoms with E-state index in [4.69, 9.17) is 0 Å². The monoisotopic (exact) mass is 298 g/mol. The second kappa shape index (κ2) is 5.97. The lowest BCUT2D eigenvalue weighted by Crippen LogP contribution is -2.42. The molecule has 1 aromatic carbocycles. The number of benzene rings is 1. The van der Waals surface area contributed by atoms with Crippen LogP contribution in [-0.2, 0) is 0 Å². The minimum atomic E-state index is -0.883. The summed E-state index contributed by atoms with van der Waals surface area (Å²) in [6.07, 6.45) is 3.15. The number of likely N-dealkylation sites (N-methyl/N-ethyl adjacent to an activating group) is 1. The normalized spacial score (nSPS) is 16.8. The molecule has 1 aromatic rings. The molecule has 0 spiro atoms. The van der Waals surface area contributed by atoms with Gasteiger partial charge < -0.3 is 15.3 Å². The molecule has 116 valence electrons. The van der Waals surface area contributed by atoms with E-state index in [0.717, 1.165) is 25.0 Å². The lowest BCUT2D eigenvalue weighted by Gasteiger charge is -2.28. The van der Waals surface area contributed by atoms with Gasteiger partial charge in [0.25, 0.3) is 5.91 Å². The zero-order valence-electron chi connectivity index (χ0n) is 12.2. The Kier molecular flexibility index (Phi) is 4.46. The molecule has 0 bridgehead atoms. The van der Waals surface area contributed by atoms with Gasteiger partial charge in [0.1, 0.15) is 17.3 Å². The number of halogens is 2. The molecule has 2 rings (SSSR count). The Balaban J connectivity index is 2.16. The van der Waals surface area contributed by atoms with Crippen LogP contribution in [0.3, 0.4) is 0 Å². The summed E-state index contributed by atoms with van der Waals surface area (Å²) in [5.74, 6) is -2.13. The summed E-state index contributed by atoms with van der Waals surface area (Å²) in [4.78, 5) is 13.6. The predicted octanol–water partition coefficient (Wildman–Crippen LogP) is 2.38. The van der Waals surface area contributed by atoms with E-state index in [2.05, 4.69) is 5.32 Å². The highest BCUT2D eigenvalue weighted by molar-refractivity contribution is 5.94. The first-order valence-corrected chi connectivity index (χ1v) is 7.01. The van der Waals surface area contributed by atoms with E-state index in [1.807, 2.05) is 0 Å². The highest BCUT2D eigenvalue weighted by Gasteiger charge is 2.33. The predicted molar refractivity (Wildman–Crippen MR) is 76.3 cm³/mol. The highest BCUT2D eigenvalue weighted by Crippen LogP contribution is 2.30. The molecular weight excluding hydrogens is 278 g/mol. The van der Waals surface area contributed by atoms with E-state index in [9.17, 15) is 18.7 Å². The van der Waals surface area contributed by atoms with Crippen molar-refractivity contribution in [2.24, 2.45) is 0 Å². The zero-order valence-corrected chi connectivity index (χ0v) is 12.2. The molecule has 1 amide bonds. The van der Waals surface area contributed by atoms with Crippen LogP contribution >= 0.6 is 0 Å². The Bertz CT molecular complexity index is 519. The standard InChI is InChI=1S/C15H20F2N2O2/c1-18-13-11(16)7-10(8-12(13)17)14(20)19(2)9-15(21)5-3-4-6-15/h7-8,18,21H,3-6,9H2,1-2H3. The largest absolute Gasteiger partial charge is 0.388 e. The van der Waals surface area contributed by atoms with Crippen molar-refractivity contribution in [2.75, 3.05) is 26.0 Å². The van der Waals surface area contributed by atoms with Crippen LogP contribution < -0.4 is 5.32 Å². The molecule has 6 heteroatoms. The van der Waals surface area contributed by atoms with Gasteiger partial charge in [-0.2, -0.15) is 0 Å². The molecule has 4 nitrogen and oxygen atoms in total. The summed E-state index contributed by atoms with van der Waals surface area (Å²) in [5.41, 5.74) is -1.21. The van der Waals surface area contributed by atoms with Crippen LogP contribution in [0, 0.1) is 11.6 Å². The maximum Gasteiger partial charge on any atom is 0.253 e. The van der Waals surface area contributed by atoms with Crippen LogP contribution in [-0.4, -0.2) is 42.2 Å². The van der Waals surface area contributed by atoms with E-state index in [1.54, 1.807) is 0 Å². The van der Waals surface area contributed by atoms with Crippen LogP contribution in [0.25, 0.3) is 0 Å². The average molecular weight is 298 g/mol. The number of aliphatic hydroxyl groups is 1. The molecule has 0 radical (unpaired) electrons. The summed E-state index contributed by atoms with van der Waals surface area (Å²) in [6, 6.07) is 2.01. The van der Waals surface area contributed by atoms with E-state index >= 15 is 0 Å². The Hall–Kier alpha value is -1.69. The summed E-state index contributed by atoms with van der Waals surface area (Å²) in [6.45, 7) is 0.169. The van der Waals surface area contributed by atoms with Gasteiger partial charge in [-0.1, -0.05) is 12.8 Å². The van der Waals surface area contributed by atoms with Crippen molar-refractivity contribution in [1.82, 2.24) is 4.90 Å². The molecule has 0 heterocycles. The lowest BCUT2D eigenvalue weighted by atomic mass is 10.0. The first-order chi connectivity index (χ1) is 9.86. The topological polar surface area (TPSA) is 52.6 Å². The second-order valence-corrected chi connectivity index (χ2v) is 5.66. The third-order valence-corrected chi connectivity index (χ3v) is 3.95. The van der Waals surface area contributed by atoms with Gasteiger partial charge in [0, 0.05) is 26.2 Å². The van der Waals surface area contributed by atoms with E-state index < -0.39 is 23.1 Å². The van der Waals surface area contributed by atoms with Crippen molar-refractivity contribution in [3.63, 3.8) is 0 Å². The van der Waals surface area contributed by atoms with Crippen LogP contribution in [0.2, 0.25) is 0 Å². The van der Waals surface area contributed by atoms with Crippen LogP contribution in [0.4, 0.5) is 14.5 Å². The van der Waals surface area contributed by atoms with Gasteiger partial charge in [-0.25, -0.2) is 8.78 Å². The minimum absolute atomic E-state index is 0.0619. The number of nitrogens with one attached hydrogen (secondary N) is 1. The van der Waals surface area contributed by atoms with E-state index in [1.165, 1.54) is 19.0 Å². The van der Waals surface area contributed by atoms with E-state index in [0.29, 0.717) is 12.8 Å². The molecule has 21 heavy (non-hydrogen) atoms. The number of hydrogen-bond donors (Lipinski definition) is 2. The Labute approximate surface area is 122 Å². The van der Waals surface area contributed by atoms with Gasteiger partial charge in [0.15, 0.2) is 0 Å². The average Bonchev–Trinajstić information content (AvgIpc) is 2.83.